The number of nitrogens with zero attached hydrogens (tertiary/aromatic N) is 2. The fraction of sp³-hybridized carbons (Fsp3) is 0.462. The van der Waals surface area contributed by atoms with E-state index >= 15 is 0 Å². The Morgan fingerprint density at radius 2 is 1.65 bits per heavy atom. The van der Waals surface area contributed by atoms with E-state index in [4.69, 9.17) is 4.74 Å². The van der Waals surface area contributed by atoms with Crippen molar-refractivity contribution in [2.45, 2.75) is 45.6 Å². The number of rotatable bonds is 8. The molecular formula is C26H34N2O3. The summed E-state index contributed by atoms with van der Waals surface area (Å²) in [5.41, 5.74) is 2.26. The minimum absolute atomic E-state index is 0.0163. The molecule has 1 fully saturated rings. The van der Waals surface area contributed by atoms with Gasteiger partial charge in [-0.3, -0.25) is 9.59 Å². The fourth-order valence-electron chi connectivity index (χ4n) is 4.03. The van der Waals surface area contributed by atoms with Gasteiger partial charge in [0.2, 0.25) is 5.91 Å². The van der Waals surface area contributed by atoms with E-state index in [9.17, 15) is 9.59 Å². The Morgan fingerprint density at radius 1 is 1.03 bits per heavy atom. The molecule has 1 atom stereocenters. The standard InChI is InChI=1S/C26H34N2O3/c1-4-5-17-27(3)26(30)23-15-18-28(19-16-23)25(29)20(2)31-24-13-11-22(12-14-24)21-9-7-6-8-10-21/h6-14,20,23H,4-5,15-19H2,1-3H3. The molecule has 1 unspecified atom stereocenters. The van der Waals surface area contributed by atoms with Crippen molar-refractivity contribution >= 4 is 11.8 Å². The summed E-state index contributed by atoms with van der Waals surface area (Å²) >= 11 is 0. The van der Waals surface area contributed by atoms with E-state index in [0.717, 1.165) is 43.4 Å². The number of hydrogen-bond donors (Lipinski definition) is 0. The Labute approximate surface area is 186 Å². The largest absolute Gasteiger partial charge is 0.481 e. The highest BCUT2D eigenvalue weighted by Crippen LogP contribution is 2.24. The third-order valence-corrected chi connectivity index (χ3v) is 6.00. The third-order valence-electron chi connectivity index (χ3n) is 6.00. The van der Waals surface area contributed by atoms with Crippen molar-refractivity contribution in [3.63, 3.8) is 0 Å². The molecular weight excluding hydrogens is 388 g/mol. The maximum absolute atomic E-state index is 12.8. The summed E-state index contributed by atoms with van der Waals surface area (Å²) in [6.45, 7) is 5.95. The van der Waals surface area contributed by atoms with Crippen LogP contribution in [0.5, 0.6) is 5.75 Å². The van der Waals surface area contributed by atoms with Crippen LogP contribution in [0.25, 0.3) is 11.1 Å². The highest BCUT2D eigenvalue weighted by Gasteiger charge is 2.31. The van der Waals surface area contributed by atoms with Gasteiger partial charge in [-0.15, -0.1) is 0 Å². The SMILES string of the molecule is CCCCN(C)C(=O)C1CCN(C(=O)C(C)Oc2ccc(-c3ccccc3)cc2)CC1. The van der Waals surface area contributed by atoms with E-state index < -0.39 is 6.10 Å². The quantitative estimate of drug-likeness (QED) is 0.624. The van der Waals surface area contributed by atoms with Gasteiger partial charge in [0.15, 0.2) is 6.10 Å². The van der Waals surface area contributed by atoms with Gasteiger partial charge in [0.1, 0.15) is 5.75 Å². The van der Waals surface area contributed by atoms with Gasteiger partial charge in [-0.2, -0.15) is 0 Å². The molecule has 1 aliphatic heterocycles. The van der Waals surface area contributed by atoms with E-state index in [1.165, 1.54) is 0 Å². The van der Waals surface area contributed by atoms with Crippen LogP contribution in [0, 0.1) is 5.92 Å². The van der Waals surface area contributed by atoms with Crippen LogP contribution in [-0.4, -0.2) is 54.4 Å². The van der Waals surface area contributed by atoms with Gasteiger partial charge in [-0.05, 0) is 49.4 Å². The van der Waals surface area contributed by atoms with Crippen LogP contribution in [-0.2, 0) is 9.59 Å². The molecule has 2 aromatic carbocycles. The molecule has 5 heteroatoms. The van der Waals surface area contributed by atoms with Crippen LogP contribution in [0.4, 0.5) is 0 Å². The van der Waals surface area contributed by atoms with Crippen molar-refractivity contribution in [1.29, 1.82) is 0 Å². The molecule has 166 valence electrons. The lowest BCUT2D eigenvalue weighted by atomic mass is 9.95. The maximum atomic E-state index is 12.8. The Hall–Kier alpha value is -2.82. The summed E-state index contributed by atoms with van der Waals surface area (Å²) in [5.74, 6) is 0.900. The minimum atomic E-state index is -0.554. The lowest BCUT2D eigenvalue weighted by molar-refractivity contribution is -0.143. The molecule has 0 aromatic heterocycles. The first kappa shape index (κ1) is 22.9. The molecule has 0 spiro atoms. The normalized spacial score (nSPS) is 15.4. The number of unbranched alkanes of at least 4 members (excludes halogenated alkanes) is 1. The summed E-state index contributed by atoms with van der Waals surface area (Å²) in [7, 11) is 1.88. The fourth-order valence-corrected chi connectivity index (χ4v) is 4.03. The lowest BCUT2D eigenvalue weighted by Crippen LogP contribution is -2.47. The van der Waals surface area contributed by atoms with Gasteiger partial charge >= 0.3 is 0 Å². The number of hydrogen-bond acceptors (Lipinski definition) is 3. The number of ether oxygens (including phenoxy) is 1. The first-order valence-corrected chi connectivity index (χ1v) is 11.4. The Morgan fingerprint density at radius 3 is 2.26 bits per heavy atom. The van der Waals surface area contributed by atoms with Crippen LogP contribution in [0.15, 0.2) is 54.6 Å². The monoisotopic (exact) mass is 422 g/mol. The maximum Gasteiger partial charge on any atom is 0.263 e. The number of carbonyl (C=O) groups excluding carboxylic acids is 2. The van der Waals surface area contributed by atoms with Crippen molar-refractivity contribution in [3.8, 4) is 16.9 Å². The summed E-state index contributed by atoms with van der Waals surface area (Å²) < 4.78 is 5.91. The molecule has 5 nitrogen and oxygen atoms in total. The second kappa shape index (κ2) is 11.0. The smallest absolute Gasteiger partial charge is 0.263 e. The number of piperidine rings is 1. The van der Waals surface area contributed by atoms with Crippen LogP contribution >= 0.6 is 0 Å². The average Bonchev–Trinajstić information content (AvgIpc) is 2.82. The first-order valence-electron chi connectivity index (χ1n) is 11.4. The Kier molecular flexibility index (Phi) is 8.10. The van der Waals surface area contributed by atoms with Crippen molar-refractivity contribution < 1.29 is 14.3 Å². The van der Waals surface area contributed by atoms with E-state index in [1.807, 2.05) is 59.3 Å². The molecule has 1 heterocycles. The summed E-state index contributed by atoms with van der Waals surface area (Å²) in [5, 5.41) is 0. The topological polar surface area (TPSA) is 49.9 Å². The van der Waals surface area contributed by atoms with Crippen LogP contribution in [0.2, 0.25) is 0 Å². The van der Waals surface area contributed by atoms with Gasteiger partial charge in [0.05, 0.1) is 0 Å². The van der Waals surface area contributed by atoms with E-state index in [-0.39, 0.29) is 17.7 Å². The predicted octanol–water partition coefficient (Wildman–Crippen LogP) is 4.62. The van der Waals surface area contributed by atoms with Crippen molar-refractivity contribution in [3.05, 3.63) is 54.6 Å². The highest BCUT2D eigenvalue weighted by molar-refractivity contribution is 5.82. The Balaban J connectivity index is 1.49. The van der Waals surface area contributed by atoms with Crippen molar-refractivity contribution in [2.24, 2.45) is 5.92 Å². The summed E-state index contributed by atoms with van der Waals surface area (Å²) in [6.07, 6.45) is 3.00. The average molecular weight is 423 g/mol. The van der Waals surface area contributed by atoms with Gasteiger partial charge in [-0.25, -0.2) is 0 Å². The van der Waals surface area contributed by atoms with Gasteiger partial charge < -0.3 is 14.5 Å². The molecule has 0 radical (unpaired) electrons. The molecule has 31 heavy (non-hydrogen) atoms. The lowest BCUT2D eigenvalue weighted by Gasteiger charge is -2.34. The van der Waals surface area contributed by atoms with E-state index in [0.29, 0.717) is 18.8 Å². The molecule has 0 aliphatic carbocycles. The molecule has 0 bridgehead atoms. The minimum Gasteiger partial charge on any atom is -0.481 e. The van der Waals surface area contributed by atoms with E-state index in [2.05, 4.69) is 19.1 Å². The van der Waals surface area contributed by atoms with Crippen molar-refractivity contribution in [1.82, 2.24) is 9.80 Å². The predicted molar refractivity (Wildman–Crippen MR) is 124 cm³/mol. The Bertz CT molecular complexity index is 843. The third kappa shape index (κ3) is 6.09. The molecule has 3 rings (SSSR count). The second-order valence-electron chi connectivity index (χ2n) is 8.36. The first-order chi connectivity index (χ1) is 15.0. The van der Waals surface area contributed by atoms with Gasteiger partial charge in [-0.1, -0.05) is 55.8 Å². The van der Waals surface area contributed by atoms with E-state index in [1.54, 1.807) is 6.92 Å². The molecule has 2 aromatic rings. The van der Waals surface area contributed by atoms with Gasteiger partial charge in [0.25, 0.3) is 5.91 Å². The molecule has 0 saturated carbocycles. The van der Waals surface area contributed by atoms with Gasteiger partial charge in [0, 0.05) is 32.6 Å². The molecule has 1 saturated heterocycles. The number of carbonyl (C=O) groups is 2. The van der Waals surface area contributed by atoms with Crippen LogP contribution in [0.1, 0.15) is 39.5 Å². The van der Waals surface area contributed by atoms with Crippen molar-refractivity contribution in [2.75, 3.05) is 26.7 Å². The number of likely N-dealkylation sites (tertiary alicyclic amines) is 1. The highest BCUT2D eigenvalue weighted by atomic mass is 16.5. The second-order valence-corrected chi connectivity index (χ2v) is 8.36. The molecule has 1 aliphatic rings. The molecule has 0 N–H and O–H groups in total. The molecule has 2 amide bonds. The zero-order valence-corrected chi connectivity index (χ0v) is 18.9. The zero-order valence-electron chi connectivity index (χ0n) is 18.9. The zero-order chi connectivity index (χ0) is 22.2. The van der Waals surface area contributed by atoms with Crippen LogP contribution in [0.3, 0.4) is 0 Å². The number of amides is 2. The summed E-state index contributed by atoms with van der Waals surface area (Å²) in [6, 6.07) is 18.0. The van der Waals surface area contributed by atoms with Crippen LogP contribution < -0.4 is 4.74 Å². The summed E-state index contributed by atoms with van der Waals surface area (Å²) in [4.78, 5) is 29.1. The number of benzene rings is 2.